The maximum Gasteiger partial charge on any atom is 0.262 e. The quantitative estimate of drug-likeness (QED) is 0.872. The predicted molar refractivity (Wildman–Crippen MR) is 74.3 cm³/mol. The van der Waals surface area contributed by atoms with Crippen LogP contribution in [-0.2, 0) is 4.79 Å². The summed E-state index contributed by atoms with van der Waals surface area (Å²) in [6.07, 6.45) is 4.68. The van der Waals surface area contributed by atoms with Gasteiger partial charge in [-0.25, -0.2) is 0 Å². The summed E-state index contributed by atoms with van der Waals surface area (Å²) in [5, 5.41) is 6.21. The predicted octanol–water partition coefficient (Wildman–Crippen LogP) is 2.17. The number of fused-ring (bicyclic) bond motifs is 1. The number of anilines is 1. The van der Waals surface area contributed by atoms with Gasteiger partial charge in [0.1, 0.15) is 5.75 Å². The largest absolute Gasteiger partial charge is 0.477 e. The number of carbonyl (C=O) groups is 1. The molecule has 3 rings (SSSR count). The lowest BCUT2D eigenvalue weighted by Gasteiger charge is -2.28. The molecule has 19 heavy (non-hydrogen) atoms. The molecule has 1 atom stereocenters. The zero-order valence-electron chi connectivity index (χ0n) is 11.0. The molecule has 0 bridgehead atoms. The smallest absolute Gasteiger partial charge is 0.262 e. The molecule has 4 nitrogen and oxygen atoms in total. The minimum Gasteiger partial charge on any atom is -0.477 e. The lowest BCUT2D eigenvalue weighted by Crippen LogP contribution is -2.45. The van der Waals surface area contributed by atoms with Gasteiger partial charge in [-0.3, -0.25) is 4.79 Å². The molecule has 1 unspecified atom stereocenters. The second kappa shape index (κ2) is 5.51. The molecule has 1 saturated carbocycles. The van der Waals surface area contributed by atoms with Gasteiger partial charge in [-0.15, -0.1) is 0 Å². The SMILES string of the molecule is O=C(NCCC1CCC1)C1CNc2ccccc2O1. The lowest BCUT2D eigenvalue weighted by atomic mass is 9.83. The Balaban J connectivity index is 1.48. The molecule has 0 radical (unpaired) electrons. The second-order valence-electron chi connectivity index (χ2n) is 5.36. The number of rotatable bonds is 4. The molecule has 4 heteroatoms. The molecule has 1 aromatic carbocycles. The van der Waals surface area contributed by atoms with E-state index < -0.39 is 6.10 Å². The van der Waals surface area contributed by atoms with Crippen LogP contribution in [0, 0.1) is 5.92 Å². The van der Waals surface area contributed by atoms with Crippen molar-refractivity contribution in [3.05, 3.63) is 24.3 Å². The standard InChI is InChI=1S/C15H20N2O2/c18-15(16-9-8-11-4-3-5-11)14-10-17-12-6-1-2-7-13(12)19-14/h1-2,6-7,11,14,17H,3-5,8-10H2,(H,16,18). The van der Waals surface area contributed by atoms with Crippen molar-refractivity contribution in [2.75, 3.05) is 18.4 Å². The first kappa shape index (κ1) is 12.3. The summed E-state index contributed by atoms with van der Waals surface area (Å²) in [6.45, 7) is 1.30. The summed E-state index contributed by atoms with van der Waals surface area (Å²) >= 11 is 0. The normalized spacial score (nSPS) is 21.6. The average Bonchev–Trinajstić information content (AvgIpc) is 2.40. The van der Waals surface area contributed by atoms with E-state index in [-0.39, 0.29) is 5.91 Å². The number of para-hydroxylation sites is 2. The Morgan fingerprint density at radius 3 is 3.00 bits per heavy atom. The molecule has 102 valence electrons. The van der Waals surface area contributed by atoms with Gasteiger partial charge in [-0.1, -0.05) is 31.4 Å². The number of carbonyl (C=O) groups excluding carboxylic acids is 1. The lowest BCUT2D eigenvalue weighted by molar-refractivity contribution is -0.127. The maximum absolute atomic E-state index is 12.0. The van der Waals surface area contributed by atoms with Crippen molar-refractivity contribution in [1.82, 2.24) is 5.32 Å². The van der Waals surface area contributed by atoms with Crippen LogP contribution < -0.4 is 15.4 Å². The molecule has 2 aliphatic rings. The highest BCUT2D eigenvalue weighted by Gasteiger charge is 2.25. The third kappa shape index (κ3) is 2.83. The van der Waals surface area contributed by atoms with Crippen LogP contribution in [0.2, 0.25) is 0 Å². The Hall–Kier alpha value is -1.71. The van der Waals surface area contributed by atoms with Gasteiger partial charge in [0, 0.05) is 6.54 Å². The van der Waals surface area contributed by atoms with Crippen LogP contribution in [0.25, 0.3) is 0 Å². The van der Waals surface area contributed by atoms with E-state index in [1.165, 1.54) is 19.3 Å². The Morgan fingerprint density at radius 1 is 1.37 bits per heavy atom. The zero-order valence-corrected chi connectivity index (χ0v) is 11.0. The summed E-state index contributed by atoms with van der Waals surface area (Å²) in [4.78, 5) is 12.0. The number of hydrogen-bond donors (Lipinski definition) is 2. The van der Waals surface area contributed by atoms with E-state index in [0.717, 1.165) is 30.3 Å². The van der Waals surface area contributed by atoms with E-state index in [1.54, 1.807) is 0 Å². The highest BCUT2D eigenvalue weighted by Crippen LogP contribution is 2.29. The van der Waals surface area contributed by atoms with Crippen molar-refractivity contribution in [2.45, 2.75) is 31.8 Å². The first-order chi connectivity index (χ1) is 9.33. The molecule has 1 amide bonds. The molecular weight excluding hydrogens is 240 g/mol. The molecule has 1 aliphatic carbocycles. The molecule has 0 spiro atoms. The van der Waals surface area contributed by atoms with Crippen LogP contribution >= 0.6 is 0 Å². The Kier molecular flexibility index (Phi) is 3.58. The van der Waals surface area contributed by atoms with Crippen LogP contribution in [0.1, 0.15) is 25.7 Å². The minimum absolute atomic E-state index is 0.0127. The van der Waals surface area contributed by atoms with Crippen molar-refractivity contribution in [2.24, 2.45) is 5.92 Å². The van der Waals surface area contributed by atoms with Gasteiger partial charge in [-0.05, 0) is 24.5 Å². The molecule has 0 aromatic heterocycles. The summed E-state index contributed by atoms with van der Waals surface area (Å²) in [6, 6.07) is 7.71. The zero-order chi connectivity index (χ0) is 13.1. The Labute approximate surface area is 113 Å². The van der Waals surface area contributed by atoms with Gasteiger partial charge >= 0.3 is 0 Å². The number of amides is 1. The van der Waals surface area contributed by atoms with E-state index in [0.29, 0.717) is 6.54 Å². The van der Waals surface area contributed by atoms with Crippen LogP contribution in [0.3, 0.4) is 0 Å². The van der Waals surface area contributed by atoms with Crippen LogP contribution in [-0.4, -0.2) is 25.1 Å². The van der Waals surface area contributed by atoms with Crippen molar-refractivity contribution in [3.8, 4) is 5.75 Å². The van der Waals surface area contributed by atoms with Crippen LogP contribution in [0.4, 0.5) is 5.69 Å². The highest BCUT2D eigenvalue weighted by atomic mass is 16.5. The molecule has 1 heterocycles. The summed E-state index contributed by atoms with van der Waals surface area (Å²) in [5.41, 5.74) is 0.959. The van der Waals surface area contributed by atoms with E-state index in [4.69, 9.17) is 4.74 Å². The number of nitrogens with one attached hydrogen (secondary N) is 2. The fraction of sp³-hybridized carbons (Fsp3) is 0.533. The Bertz CT molecular complexity index is 457. The molecule has 2 N–H and O–H groups in total. The molecule has 0 saturated heterocycles. The first-order valence-electron chi connectivity index (χ1n) is 7.10. The van der Waals surface area contributed by atoms with Crippen molar-refractivity contribution < 1.29 is 9.53 Å². The second-order valence-corrected chi connectivity index (χ2v) is 5.36. The van der Waals surface area contributed by atoms with Crippen LogP contribution in [0.15, 0.2) is 24.3 Å². The van der Waals surface area contributed by atoms with Crippen molar-refractivity contribution in [3.63, 3.8) is 0 Å². The monoisotopic (exact) mass is 260 g/mol. The number of ether oxygens (including phenoxy) is 1. The van der Waals surface area contributed by atoms with E-state index in [1.807, 2.05) is 24.3 Å². The van der Waals surface area contributed by atoms with Gasteiger partial charge in [0.2, 0.25) is 0 Å². The summed E-state index contributed by atoms with van der Waals surface area (Å²) in [5.74, 6) is 1.57. The minimum atomic E-state index is -0.420. The molecule has 1 aromatic rings. The summed E-state index contributed by atoms with van der Waals surface area (Å²) < 4.78 is 5.72. The van der Waals surface area contributed by atoms with Crippen molar-refractivity contribution >= 4 is 11.6 Å². The molecule has 1 fully saturated rings. The average molecular weight is 260 g/mol. The van der Waals surface area contributed by atoms with E-state index in [2.05, 4.69) is 10.6 Å². The topological polar surface area (TPSA) is 50.4 Å². The highest BCUT2D eigenvalue weighted by molar-refractivity contribution is 5.83. The van der Waals surface area contributed by atoms with Gasteiger partial charge in [0.05, 0.1) is 12.2 Å². The third-order valence-electron chi connectivity index (χ3n) is 4.00. The molecule has 1 aliphatic heterocycles. The van der Waals surface area contributed by atoms with Crippen molar-refractivity contribution in [1.29, 1.82) is 0 Å². The molecular formula is C15H20N2O2. The van der Waals surface area contributed by atoms with Gasteiger partial charge < -0.3 is 15.4 Å². The summed E-state index contributed by atoms with van der Waals surface area (Å²) in [7, 11) is 0. The van der Waals surface area contributed by atoms with E-state index >= 15 is 0 Å². The van der Waals surface area contributed by atoms with Gasteiger partial charge in [0.25, 0.3) is 5.91 Å². The maximum atomic E-state index is 12.0. The number of benzene rings is 1. The van der Waals surface area contributed by atoms with Gasteiger partial charge in [0.15, 0.2) is 6.10 Å². The Morgan fingerprint density at radius 2 is 2.21 bits per heavy atom. The fourth-order valence-electron chi connectivity index (χ4n) is 2.55. The van der Waals surface area contributed by atoms with Gasteiger partial charge in [-0.2, -0.15) is 0 Å². The third-order valence-corrected chi connectivity index (χ3v) is 4.00. The number of hydrogen-bond acceptors (Lipinski definition) is 3. The fourth-order valence-corrected chi connectivity index (χ4v) is 2.55. The van der Waals surface area contributed by atoms with Crippen LogP contribution in [0.5, 0.6) is 5.75 Å². The first-order valence-corrected chi connectivity index (χ1v) is 7.10. The van der Waals surface area contributed by atoms with E-state index in [9.17, 15) is 4.79 Å².